The molecule has 2 rings (SSSR count). The van der Waals surface area contributed by atoms with Crippen LogP contribution in [0.5, 0.6) is 11.5 Å². The van der Waals surface area contributed by atoms with Gasteiger partial charge < -0.3 is 10.2 Å². The highest BCUT2D eigenvalue weighted by Crippen LogP contribution is 2.43. The van der Waals surface area contributed by atoms with E-state index in [0.717, 1.165) is 25.7 Å². The Morgan fingerprint density at radius 3 is 1.38 bits per heavy atom. The number of rotatable bonds is 7. The molecule has 0 unspecified atom stereocenters. The Bertz CT molecular complexity index is 701. The van der Waals surface area contributed by atoms with E-state index in [9.17, 15) is 10.2 Å². The van der Waals surface area contributed by atoms with Crippen LogP contribution in [-0.2, 0) is 12.8 Å². The first kappa shape index (κ1) is 20.4. The topological polar surface area (TPSA) is 40.5 Å². The lowest BCUT2D eigenvalue weighted by molar-refractivity contribution is 0.472. The van der Waals surface area contributed by atoms with Gasteiger partial charge in [0, 0.05) is 0 Å². The molecule has 0 aliphatic heterocycles. The Morgan fingerprint density at radius 1 is 0.654 bits per heavy atom. The molecule has 0 heterocycles. The van der Waals surface area contributed by atoms with Gasteiger partial charge in [-0.2, -0.15) is 0 Å². The Morgan fingerprint density at radius 2 is 1.04 bits per heavy atom. The largest absolute Gasteiger partial charge is 0.508 e. The van der Waals surface area contributed by atoms with Crippen molar-refractivity contribution in [1.82, 2.24) is 0 Å². The standard InChI is InChI=1S/C24H34O2/c1-7-9-17-11-19(25)12-18(10-8-2)23(17)24-21(15(3)4)13-20(26)14-22(24)16(5)6/h11-16,25-26H,7-10H2,1-6H3. The zero-order valence-electron chi connectivity index (χ0n) is 17.2. The Hall–Kier alpha value is -1.96. The molecule has 0 bridgehead atoms. The number of benzene rings is 2. The summed E-state index contributed by atoms with van der Waals surface area (Å²) in [6.45, 7) is 13.1. The summed E-state index contributed by atoms with van der Waals surface area (Å²) in [5, 5.41) is 20.6. The van der Waals surface area contributed by atoms with Gasteiger partial charge in [0.2, 0.25) is 0 Å². The van der Waals surface area contributed by atoms with Crippen molar-refractivity contribution in [3.05, 3.63) is 46.5 Å². The minimum Gasteiger partial charge on any atom is -0.508 e. The van der Waals surface area contributed by atoms with Crippen molar-refractivity contribution in [3.63, 3.8) is 0 Å². The predicted molar refractivity (Wildman–Crippen MR) is 111 cm³/mol. The van der Waals surface area contributed by atoms with Gasteiger partial charge in [0.15, 0.2) is 0 Å². The SMILES string of the molecule is CCCc1cc(O)cc(CCC)c1-c1c(C(C)C)cc(O)cc1C(C)C. The van der Waals surface area contributed by atoms with Crippen LogP contribution >= 0.6 is 0 Å². The minimum atomic E-state index is 0.312. The van der Waals surface area contributed by atoms with Crippen LogP contribution in [0.1, 0.15) is 88.5 Å². The van der Waals surface area contributed by atoms with Crippen LogP contribution in [0.25, 0.3) is 11.1 Å². The highest BCUT2D eigenvalue weighted by Gasteiger charge is 2.22. The van der Waals surface area contributed by atoms with E-state index in [-0.39, 0.29) is 0 Å². The van der Waals surface area contributed by atoms with Crippen LogP contribution in [0.4, 0.5) is 0 Å². The molecule has 0 fully saturated rings. The maximum Gasteiger partial charge on any atom is 0.116 e. The quantitative estimate of drug-likeness (QED) is 0.566. The van der Waals surface area contributed by atoms with Crippen LogP contribution in [-0.4, -0.2) is 10.2 Å². The summed E-state index contributed by atoms with van der Waals surface area (Å²) in [6.07, 6.45) is 3.95. The maximum absolute atomic E-state index is 10.3. The third kappa shape index (κ3) is 4.23. The highest BCUT2D eigenvalue weighted by molar-refractivity contribution is 5.79. The molecule has 2 N–H and O–H groups in total. The lowest BCUT2D eigenvalue weighted by Gasteiger charge is -2.25. The van der Waals surface area contributed by atoms with Gasteiger partial charge >= 0.3 is 0 Å². The van der Waals surface area contributed by atoms with Crippen molar-refractivity contribution < 1.29 is 10.2 Å². The van der Waals surface area contributed by atoms with Gasteiger partial charge in [-0.1, -0.05) is 54.4 Å². The van der Waals surface area contributed by atoms with Crippen LogP contribution in [0.3, 0.4) is 0 Å². The molecule has 2 heteroatoms. The molecule has 0 saturated carbocycles. The molecule has 2 aromatic rings. The molecule has 0 aliphatic rings. The van der Waals surface area contributed by atoms with E-state index in [2.05, 4.69) is 41.5 Å². The van der Waals surface area contributed by atoms with Crippen LogP contribution in [0.15, 0.2) is 24.3 Å². The molecule has 2 nitrogen and oxygen atoms in total. The normalized spacial score (nSPS) is 11.5. The number of aromatic hydroxyl groups is 2. The smallest absolute Gasteiger partial charge is 0.116 e. The Balaban J connectivity index is 2.93. The summed E-state index contributed by atoms with van der Waals surface area (Å²) in [6, 6.07) is 7.70. The average molecular weight is 355 g/mol. The summed E-state index contributed by atoms with van der Waals surface area (Å²) in [5.41, 5.74) is 7.35. The molecule has 0 amide bonds. The van der Waals surface area contributed by atoms with Gasteiger partial charge in [0.05, 0.1) is 0 Å². The molecule has 0 spiro atoms. The number of aryl methyl sites for hydroxylation is 2. The summed E-state index contributed by atoms with van der Waals surface area (Å²) >= 11 is 0. The summed E-state index contributed by atoms with van der Waals surface area (Å²) in [7, 11) is 0. The fourth-order valence-corrected chi connectivity index (χ4v) is 3.87. The van der Waals surface area contributed by atoms with E-state index in [1.807, 2.05) is 24.3 Å². The molecule has 0 saturated heterocycles. The van der Waals surface area contributed by atoms with E-state index in [4.69, 9.17) is 0 Å². The molecule has 0 radical (unpaired) electrons. The number of hydrogen-bond acceptors (Lipinski definition) is 2. The average Bonchev–Trinajstić information content (AvgIpc) is 2.55. The first-order valence-electron chi connectivity index (χ1n) is 10.0. The van der Waals surface area contributed by atoms with E-state index >= 15 is 0 Å². The third-order valence-electron chi connectivity index (χ3n) is 5.00. The van der Waals surface area contributed by atoms with Crippen molar-refractivity contribution in [2.24, 2.45) is 0 Å². The van der Waals surface area contributed by atoms with Crippen LogP contribution in [0.2, 0.25) is 0 Å². The molecular weight excluding hydrogens is 320 g/mol. The van der Waals surface area contributed by atoms with Crippen LogP contribution < -0.4 is 0 Å². The summed E-state index contributed by atoms with van der Waals surface area (Å²) in [5.74, 6) is 1.32. The number of phenols is 2. The lowest BCUT2D eigenvalue weighted by Crippen LogP contribution is -2.05. The predicted octanol–water partition coefficient (Wildman–Crippen LogP) is 6.92. The van der Waals surface area contributed by atoms with Gasteiger partial charge in [-0.15, -0.1) is 0 Å². The molecule has 0 aromatic heterocycles. The van der Waals surface area contributed by atoms with Crippen molar-refractivity contribution in [2.45, 2.75) is 79.1 Å². The first-order chi connectivity index (χ1) is 12.3. The second kappa shape index (κ2) is 8.62. The fraction of sp³-hybridized carbons (Fsp3) is 0.500. The second-order valence-corrected chi connectivity index (χ2v) is 7.95. The molecule has 26 heavy (non-hydrogen) atoms. The van der Waals surface area contributed by atoms with Gasteiger partial charge in [0.1, 0.15) is 11.5 Å². The summed E-state index contributed by atoms with van der Waals surface area (Å²) < 4.78 is 0. The van der Waals surface area contributed by atoms with Gasteiger partial charge in [-0.3, -0.25) is 0 Å². The zero-order valence-corrected chi connectivity index (χ0v) is 17.2. The lowest BCUT2D eigenvalue weighted by atomic mass is 9.80. The van der Waals surface area contributed by atoms with E-state index in [1.54, 1.807) is 0 Å². The Kier molecular flexibility index (Phi) is 6.75. The summed E-state index contributed by atoms with van der Waals surface area (Å²) in [4.78, 5) is 0. The Labute approximate surface area is 158 Å². The van der Waals surface area contributed by atoms with Crippen LogP contribution in [0, 0.1) is 0 Å². The monoisotopic (exact) mass is 354 g/mol. The molecule has 2 aromatic carbocycles. The van der Waals surface area contributed by atoms with Gasteiger partial charge in [-0.25, -0.2) is 0 Å². The zero-order chi connectivity index (χ0) is 19.4. The van der Waals surface area contributed by atoms with E-state index in [0.29, 0.717) is 23.3 Å². The van der Waals surface area contributed by atoms with Gasteiger partial charge in [0.25, 0.3) is 0 Å². The van der Waals surface area contributed by atoms with E-state index < -0.39 is 0 Å². The first-order valence-corrected chi connectivity index (χ1v) is 10.0. The molecular formula is C24H34O2. The molecule has 142 valence electrons. The molecule has 0 aliphatic carbocycles. The third-order valence-corrected chi connectivity index (χ3v) is 5.00. The maximum atomic E-state index is 10.3. The van der Waals surface area contributed by atoms with Gasteiger partial charge in [-0.05, 0) is 82.3 Å². The van der Waals surface area contributed by atoms with Crippen molar-refractivity contribution >= 4 is 0 Å². The molecule has 0 atom stereocenters. The minimum absolute atomic E-state index is 0.312. The highest BCUT2D eigenvalue weighted by atomic mass is 16.3. The number of hydrogen-bond donors (Lipinski definition) is 2. The second-order valence-electron chi connectivity index (χ2n) is 7.95. The van der Waals surface area contributed by atoms with E-state index in [1.165, 1.54) is 33.4 Å². The van der Waals surface area contributed by atoms with Crippen molar-refractivity contribution in [2.75, 3.05) is 0 Å². The van der Waals surface area contributed by atoms with Crippen molar-refractivity contribution in [1.29, 1.82) is 0 Å². The number of phenolic OH excluding ortho intramolecular Hbond substituents is 2. The fourth-order valence-electron chi connectivity index (χ4n) is 3.87. The van der Waals surface area contributed by atoms with Crippen molar-refractivity contribution in [3.8, 4) is 22.6 Å².